The molecule has 4 aromatic carbocycles. The molecular formula is C25H20FN3O3S. The topological polar surface area (TPSA) is 87.6 Å². The van der Waals surface area contributed by atoms with Crippen LogP contribution >= 0.6 is 0 Å². The van der Waals surface area contributed by atoms with E-state index in [1.54, 1.807) is 49.4 Å². The number of carbonyl (C=O) groups excluding carboxylic acids is 1. The average Bonchev–Trinajstić information content (AvgIpc) is 2.83. The van der Waals surface area contributed by atoms with E-state index < -0.39 is 21.7 Å². The monoisotopic (exact) mass is 461 g/mol. The standard InChI is InChI=1S/C25H20FN3O3S/c1-17(28-29-33(31,32)22-15-12-19-6-2-3-7-20(19)16-22)18-10-13-21(14-11-18)27-25(30)23-8-4-5-9-24(23)26/h2-16,29H,1H3,(H,27,30)/b28-17-. The molecule has 1 amide bonds. The number of carbonyl (C=O) groups is 1. The summed E-state index contributed by atoms with van der Waals surface area (Å²) in [5, 5.41) is 8.40. The van der Waals surface area contributed by atoms with Gasteiger partial charge in [0.1, 0.15) is 5.82 Å². The molecule has 4 aromatic rings. The number of hydrogen-bond donors (Lipinski definition) is 2. The highest BCUT2D eigenvalue weighted by atomic mass is 32.2. The molecule has 0 heterocycles. The molecule has 6 nitrogen and oxygen atoms in total. The van der Waals surface area contributed by atoms with Crippen molar-refractivity contribution in [3.8, 4) is 0 Å². The lowest BCUT2D eigenvalue weighted by Crippen LogP contribution is -2.20. The van der Waals surface area contributed by atoms with Crippen LogP contribution in [0.25, 0.3) is 10.8 Å². The summed E-state index contributed by atoms with van der Waals surface area (Å²) < 4.78 is 39.1. The second kappa shape index (κ2) is 9.22. The molecule has 0 bridgehead atoms. The number of hydrazone groups is 1. The maximum Gasteiger partial charge on any atom is 0.276 e. The van der Waals surface area contributed by atoms with Crippen LogP contribution in [0.4, 0.5) is 10.1 Å². The average molecular weight is 462 g/mol. The molecule has 8 heteroatoms. The first-order chi connectivity index (χ1) is 15.8. The minimum absolute atomic E-state index is 0.0533. The number of benzene rings is 4. The van der Waals surface area contributed by atoms with E-state index in [1.165, 1.54) is 24.3 Å². The van der Waals surface area contributed by atoms with Crippen LogP contribution in [0.2, 0.25) is 0 Å². The van der Waals surface area contributed by atoms with Gasteiger partial charge in [0, 0.05) is 5.69 Å². The summed E-state index contributed by atoms with van der Waals surface area (Å²) >= 11 is 0. The smallest absolute Gasteiger partial charge is 0.276 e. The lowest BCUT2D eigenvalue weighted by Gasteiger charge is -2.08. The molecule has 0 saturated heterocycles. The van der Waals surface area contributed by atoms with Crippen LogP contribution in [-0.2, 0) is 10.0 Å². The molecule has 2 N–H and O–H groups in total. The summed E-state index contributed by atoms with van der Waals surface area (Å²) in [5.74, 6) is -1.16. The van der Waals surface area contributed by atoms with Crippen molar-refractivity contribution in [1.29, 1.82) is 0 Å². The zero-order valence-electron chi connectivity index (χ0n) is 17.6. The fourth-order valence-corrected chi connectivity index (χ4v) is 4.11. The van der Waals surface area contributed by atoms with Crippen LogP contribution in [-0.4, -0.2) is 20.0 Å². The number of sulfonamides is 1. The number of anilines is 1. The molecule has 0 atom stereocenters. The predicted molar refractivity (Wildman–Crippen MR) is 127 cm³/mol. The van der Waals surface area contributed by atoms with Gasteiger partial charge in [-0.25, -0.2) is 4.39 Å². The molecule has 0 fully saturated rings. The van der Waals surface area contributed by atoms with Gasteiger partial charge in [-0.2, -0.15) is 18.4 Å². The number of amides is 1. The minimum atomic E-state index is -3.84. The predicted octanol–water partition coefficient (Wildman–Crippen LogP) is 4.93. The Morgan fingerprint density at radius 2 is 1.52 bits per heavy atom. The molecule has 4 rings (SSSR count). The van der Waals surface area contributed by atoms with Gasteiger partial charge in [-0.1, -0.05) is 54.6 Å². The van der Waals surface area contributed by atoms with E-state index in [9.17, 15) is 17.6 Å². The Bertz CT molecular complexity index is 1470. The third kappa shape index (κ3) is 5.07. The van der Waals surface area contributed by atoms with Gasteiger partial charge in [-0.3, -0.25) is 4.79 Å². The van der Waals surface area contributed by atoms with E-state index in [0.29, 0.717) is 17.0 Å². The molecule has 0 aliphatic rings. The van der Waals surface area contributed by atoms with E-state index in [0.717, 1.165) is 10.8 Å². The van der Waals surface area contributed by atoms with Crippen LogP contribution in [0.15, 0.2) is 101 Å². The molecule has 0 aliphatic heterocycles. The maximum absolute atomic E-state index is 13.8. The van der Waals surface area contributed by atoms with Gasteiger partial charge in [0.15, 0.2) is 0 Å². The summed E-state index contributed by atoms with van der Waals surface area (Å²) in [6.07, 6.45) is 0. The largest absolute Gasteiger partial charge is 0.322 e. The fourth-order valence-electron chi connectivity index (χ4n) is 3.22. The number of nitrogens with one attached hydrogen (secondary N) is 2. The molecular weight excluding hydrogens is 441 g/mol. The SMILES string of the molecule is C/C(=N/NS(=O)(=O)c1ccc2ccccc2c1)c1ccc(NC(=O)c2ccccc2F)cc1. The third-order valence-electron chi connectivity index (χ3n) is 5.04. The van der Waals surface area contributed by atoms with Crippen LogP contribution in [0, 0.1) is 5.82 Å². The van der Waals surface area contributed by atoms with Crippen molar-refractivity contribution in [1.82, 2.24) is 4.83 Å². The second-order valence-electron chi connectivity index (χ2n) is 7.31. The van der Waals surface area contributed by atoms with E-state index in [2.05, 4.69) is 15.2 Å². The van der Waals surface area contributed by atoms with E-state index in [-0.39, 0.29) is 10.5 Å². The van der Waals surface area contributed by atoms with Crippen LogP contribution < -0.4 is 10.1 Å². The first-order valence-corrected chi connectivity index (χ1v) is 11.5. The highest BCUT2D eigenvalue weighted by Crippen LogP contribution is 2.19. The lowest BCUT2D eigenvalue weighted by atomic mass is 10.1. The van der Waals surface area contributed by atoms with Crippen LogP contribution in [0.3, 0.4) is 0 Å². The van der Waals surface area contributed by atoms with E-state index >= 15 is 0 Å². The third-order valence-corrected chi connectivity index (χ3v) is 6.25. The van der Waals surface area contributed by atoms with Gasteiger partial charge in [0.05, 0.1) is 16.2 Å². The fraction of sp³-hybridized carbons (Fsp3) is 0.0400. The van der Waals surface area contributed by atoms with Gasteiger partial charge >= 0.3 is 0 Å². The summed E-state index contributed by atoms with van der Waals surface area (Å²) in [5.41, 5.74) is 1.51. The Kier molecular flexibility index (Phi) is 6.19. The van der Waals surface area contributed by atoms with Gasteiger partial charge in [0.25, 0.3) is 15.9 Å². The molecule has 33 heavy (non-hydrogen) atoms. The zero-order valence-corrected chi connectivity index (χ0v) is 18.4. The highest BCUT2D eigenvalue weighted by Gasteiger charge is 2.14. The Morgan fingerprint density at radius 3 is 2.24 bits per heavy atom. The number of rotatable bonds is 6. The number of fused-ring (bicyclic) bond motifs is 1. The lowest BCUT2D eigenvalue weighted by molar-refractivity contribution is 0.102. The van der Waals surface area contributed by atoms with Crippen molar-refractivity contribution in [3.05, 3.63) is 108 Å². The molecule has 0 radical (unpaired) electrons. The summed E-state index contributed by atoms with van der Waals surface area (Å²) in [7, 11) is -3.84. The normalized spacial score (nSPS) is 11.9. The molecule has 0 aromatic heterocycles. The molecule has 0 unspecified atom stereocenters. The van der Waals surface area contributed by atoms with E-state index in [4.69, 9.17) is 0 Å². The van der Waals surface area contributed by atoms with Gasteiger partial charge in [-0.15, -0.1) is 0 Å². The van der Waals surface area contributed by atoms with E-state index in [1.807, 2.05) is 24.3 Å². The maximum atomic E-state index is 13.8. The summed E-state index contributed by atoms with van der Waals surface area (Å²) in [6.45, 7) is 1.66. The molecule has 166 valence electrons. The van der Waals surface area contributed by atoms with Gasteiger partial charge in [-0.05, 0) is 59.7 Å². The quantitative estimate of drug-likeness (QED) is 0.315. The van der Waals surface area contributed by atoms with Gasteiger partial charge in [0.2, 0.25) is 0 Å². The minimum Gasteiger partial charge on any atom is -0.322 e. The first kappa shape index (κ1) is 22.2. The second-order valence-corrected chi connectivity index (χ2v) is 8.97. The number of nitrogens with zero attached hydrogens (tertiary/aromatic N) is 1. The molecule has 0 aliphatic carbocycles. The van der Waals surface area contributed by atoms with Crippen molar-refractivity contribution in [3.63, 3.8) is 0 Å². The van der Waals surface area contributed by atoms with Gasteiger partial charge < -0.3 is 5.32 Å². The van der Waals surface area contributed by atoms with Crippen molar-refractivity contribution in [2.24, 2.45) is 5.10 Å². The molecule has 0 spiro atoms. The molecule has 0 saturated carbocycles. The van der Waals surface area contributed by atoms with Crippen molar-refractivity contribution in [2.45, 2.75) is 11.8 Å². The van der Waals surface area contributed by atoms with Crippen LogP contribution in [0.1, 0.15) is 22.8 Å². The Labute approximate surface area is 190 Å². The highest BCUT2D eigenvalue weighted by molar-refractivity contribution is 7.89. The first-order valence-electron chi connectivity index (χ1n) is 10.0. The van der Waals surface area contributed by atoms with Crippen molar-refractivity contribution >= 4 is 38.1 Å². The van der Waals surface area contributed by atoms with Crippen molar-refractivity contribution < 1.29 is 17.6 Å². The Balaban J connectivity index is 1.46. The van der Waals surface area contributed by atoms with Crippen LogP contribution in [0.5, 0.6) is 0 Å². The Hall–Kier alpha value is -4.04. The summed E-state index contributed by atoms with van der Waals surface area (Å²) in [6, 6.07) is 24.7. The number of halogens is 1. The Morgan fingerprint density at radius 1 is 0.848 bits per heavy atom. The number of hydrogen-bond acceptors (Lipinski definition) is 4. The summed E-state index contributed by atoms with van der Waals surface area (Å²) in [4.78, 5) is 14.6. The zero-order chi connectivity index (χ0) is 23.4. The van der Waals surface area contributed by atoms with Crippen molar-refractivity contribution in [2.75, 3.05) is 5.32 Å².